The number of carbonyl (C=O) groups excluding carboxylic acids is 2. The Morgan fingerprint density at radius 1 is 1.00 bits per heavy atom. The third-order valence-corrected chi connectivity index (χ3v) is 7.88. The molecular formula is C33H38ClN3O3. The lowest BCUT2D eigenvalue weighted by Gasteiger charge is -2.21. The Bertz CT molecular complexity index is 1560. The highest BCUT2D eigenvalue weighted by atomic mass is 35.5. The Labute approximate surface area is 241 Å². The third kappa shape index (κ3) is 6.18. The second kappa shape index (κ2) is 11.4. The molecule has 4 aromatic rings. The van der Waals surface area contributed by atoms with E-state index in [1.807, 2.05) is 37.3 Å². The third-order valence-electron chi connectivity index (χ3n) is 7.57. The van der Waals surface area contributed by atoms with Gasteiger partial charge in [0, 0.05) is 28.7 Å². The Kier molecular flexibility index (Phi) is 8.31. The molecule has 210 valence electrons. The van der Waals surface area contributed by atoms with Crippen LogP contribution in [0.3, 0.4) is 0 Å². The van der Waals surface area contributed by atoms with Gasteiger partial charge in [0.05, 0.1) is 11.1 Å². The number of amides is 2. The van der Waals surface area contributed by atoms with Crippen molar-refractivity contribution in [3.63, 3.8) is 0 Å². The Morgan fingerprint density at radius 2 is 1.68 bits per heavy atom. The predicted molar refractivity (Wildman–Crippen MR) is 162 cm³/mol. The molecule has 2 unspecified atom stereocenters. The monoisotopic (exact) mass is 559 g/mol. The van der Waals surface area contributed by atoms with Crippen molar-refractivity contribution in [2.45, 2.75) is 72.6 Å². The first-order chi connectivity index (χ1) is 18.8. The molecule has 0 radical (unpaired) electrons. The van der Waals surface area contributed by atoms with Crippen molar-refractivity contribution in [2.75, 3.05) is 0 Å². The van der Waals surface area contributed by atoms with Gasteiger partial charge in [0.1, 0.15) is 5.75 Å². The van der Waals surface area contributed by atoms with Crippen LogP contribution in [-0.2, 0) is 16.8 Å². The van der Waals surface area contributed by atoms with Crippen LogP contribution in [0.15, 0.2) is 60.7 Å². The second-order valence-corrected chi connectivity index (χ2v) is 11.9. The summed E-state index contributed by atoms with van der Waals surface area (Å²) in [7, 11) is 0. The first-order valence-electron chi connectivity index (χ1n) is 13.5. The molecule has 1 heterocycles. The highest BCUT2D eigenvalue weighted by Gasteiger charge is 2.19. The van der Waals surface area contributed by atoms with Crippen molar-refractivity contribution < 1.29 is 14.3 Å². The number of fused-ring (bicyclic) bond motifs is 1. The van der Waals surface area contributed by atoms with Crippen molar-refractivity contribution in [3.8, 4) is 5.75 Å². The summed E-state index contributed by atoms with van der Waals surface area (Å²) in [6.07, 6.45) is -0.792. The van der Waals surface area contributed by atoms with Crippen LogP contribution < -0.4 is 15.8 Å². The number of benzene rings is 3. The topological polar surface area (TPSA) is 86.3 Å². The summed E-state index contributed by atoms with van der Waals surface area (Å²) in [5.41, 5.74) is 12.6. The van der Waals surface area contributed by atoms with E-state index >= 15 is 0 Å². The fourth-order valence-electron chi connectivity index (χ4n) is 4.80. The van der Waals surface area contributed by atoms with E-state index < -0.39 is 12.0 Å². The Balaban J connectivity index is 1.56. The molecule has 0 fully saturated rings. The van der Waals surface area contributed by atoms with Crippen molar-refractivity contribution in [2.24, 2.45) is 5.73 Å². The summed E-state index contributed by atoms with van der Waals surface area (Å²) < 4.78 is 7.88. The fraction of sp³-hybridized carbons (Fsp3) is 0.333. The summed E-state index contributed by atoms with van der Waals surface area (Å²) in [4.78, 5) is 24.7. The predicted octanol–water partition coefficient (Wildman–Crippen LogP) is 7.00. The van der Waals surface area contributed by atoms with Crippen LogP contribution >= 0.6 is 11.6 Å². The summed E-state index contributed by atoms with van der Waals surface area (Å²) in [5.74, 6) is -0.253. The van der Waals surface area contributed by atoms with E-state index in [1.165, 1.54) is 5.56 Å². The van der Waals surface area contributed by atoms with Gasteiger partial charge in [0.15, 0.2) is 6.10 Å². The van der Waals surface area contributed by atoms with Gasteiger partial charge < -0.3 is 20.4 Å². The molecule has 0 saturated carbocycles. The van der Waals surface area contributed by atoms with Crippen molar-refractivity contribution in [1.29, 1.82) is 0 Å². The molecule has 0 saturated heterocycles. The maximum Gasteiger partial charge on any atom is 0.258 e. The zero-order valence-electron chi connectivity index (χ0n) is 24.3. The molecule has 3 aromatic carbocycles. The highest BCUT2D eigenvalue weighted by molar-refractivity contribution is 6.32. The Morgan fingerprint density at radius 3 is 2.30 bits per heavy atom. The SMILES string of the molecule is Cc1c(C)n(Cc2ccc(Cl)c(OC(C)C(N)=O)c2)c2ccc(C(=O)NC(C)c3ccc(C(C)(C)C)cc3)cc12. The van der Waals surface area contributed by atoms with Gasteiger partial charge in [-0.05, 0) is 85.7 Å². The molecule has 0 bridgehead atoms. The molecule has 0 spiro atoms. The molecule has 0 aliphatic heterocycles. The number of carbonyl (C=O) groups is 2. The first kappa shape index (κ1) is 29.2. The van der Waals surface area contributed by atoms with Gasteiger partial charge in [0.25, 0.3) is 11.8 Å². The van der Waals surface area contributed by atoms with Crippen LogP contribution in [0.2, 0.25) is 5.02 Å². The molecule has 4 rings (SSSR count). The molecule has 3 N–H and O–H groups in total. The second-order valence-electron chi connectivity index (χ2n) is 11.5. The molecule has 7 heteroatoms. The standard InChI is InChI=1S/C33H38ClN3O3/c1-19-21(3)37(18-23-8-14-28(34)30(16-23)40-22(4)31(35)38)29-15-11-25(17-27(19)29)32(39)36-20(2)24-9-12-26(13-10-24)33(5,6)7/h8-17,20,22H,18H2,1-7H3,(H2,35,38)(H,36,39). The number of hydrogen-bond donors (Lipinski definition) is 2. The van der Waals surface area contributed by atoms with Gasteiger partial charge in [-0.1, -0.05) is 62.7 Å². The molecule has 6 nitrogen and oxygen atoms in total. The lowest BCUT2D eigenvalue weighted by Crippen LogP contribution is -2.30. The first-order valence-corrected chi connectivity index (χ1v) is 13.9. The van der Waals surface area contributed by atoms with Crippen molar-refractivity contribution in [3.05, 3.63) is 99.2 Å². The zero-order valence-corrected chi connectivity index (χ0v) is 25.0. The number of halogens is 1. The van der Waals surface area contributed by atoms with Crippen LogP contribution in [0.25, 0.3) is 10.9 Å². The van der Waals surface area contributed by atoms with Crippen LogP contribution in [0.5, 0.6) is 5.75 Å². The summed E-state index contributed by atoms with van der Waals surface area (Å²) in [6, 6.07) is 19.7. The van der Waals surface area contributed by atoms with Gasteiger partial charge in [0.2, 0.25) is 0 Å². The Hall–Kier alpha value is -3.77. The highest BCUT2D eigenvalue weighted by Crippen LogP contribution is 2.31. The van der Waals surface area contributed by atoms with E-state index in [0.717, 1.165) is 33.3 Å². The molecule has 1 aromatic heterocycles. The number of nitrogens with one attached hydrogen (secondary N) is 1. The zero-order chi connectivity index (χ0) is 29.4. The molecule has 0 aliphatic rings. The number of nitrogens with two attached hydrogens (primary N) is 1. The van der Waals surface area contributed by atoms with E-state index in [0.29, 0.717) is 22.9 Å². The normalized spacial score (nSPS) is 13.2. The van der Waals surface area contributed by atoms with Gasteiger partial charge in [-0.2, -0.15) is 0 Å². The van der Waals surface area contributed by atoms with Gasteiger partial charge in [-0.25, -0.2) is 0 Å². The van der Waals surface area contributed by atoms with Gasteiger partial charge in [-0.3, -0.25) is 9.59 Å². The minimum Gasteiger partial charge on any atom is -0.479 e. The number of ether oxygens (including phenoxy) is 1. The molecule has 2 amide bonds. The minimum absolute atomic E-state index is 0.0833. The lowest BCUT2D eigenvalue weighted by molar-refractivity contribution is -0.123. The van der Waals surface area contributed by atoms with Gasteiger partial charge >= 0.3 is 0 Å². The maximum absolute atomic E-state index is 13.2. The van der Waals surface area contributed by atoms with E-state index in [9.17, 15) is 9.59 Å². The number of aromatic nitrogens is 1. The van der Waals surface area contributed by atoms with E-state index in [4.69, 9.17) is 22.1 Å². The lowest BCUT2D eigenvalue weighted by atomic mass is 9.86. The van der Waals surface area contributed by atoms with Crippen LogP contribution in [0, 0.1) is 13.8 Å². The summed E-state index contributed by atoms with van der Waals surface area (Å²) in [6.45, 7) is 14.9. The number of hydrogen-bond acceptors (Lipinski definition) is 3. The number of nitrogens with zero attached hydrogens (tertiary/aromatic N) is 1. The largest absolute Gasteiger partial charge is 0.479 e. The quantitative estimate of drug-likeness (QED) is 0.244. The average molecular weight is 560 g/mol. The smallest absolute Gasteiger partial charge is 0.258 e. The number of primary amides is 1. The van der Waals surface area contributed by atoms with Crippen molar-refractivity contribution in [1.82, 2.24) is 9.88 Å². The molecule has 0 aliphatic carbocycles. The summed E-state index contributed by atoms with van der Waals surface area (Å²) in [5, 5.41) is 4.59. The van der Waals surface area contributed by atoms with Gasteiger partial charge in [-0.15, -0.1) is 0 Å². The fourth-order valence-corrected chi connectivity index (χ4v) is 4.96. The van der Waals surface area contributed by atoms with Crippen LogP contribution in [0.1, 0.15) is 79.0 Å². The average Bonchev–Trinajstić information content (AvgIpc) is 3.14. The molecular weight excluding hydrogens is 522 g/mol. The summed E-state index contributed by atoms with van der Waals surface area (Å²) >= 11 is 6.30. The van der Waals surface area contributed by atoms with Crippen molar-refractivity contribution >= 4 is 34.3 Å². The van der Waals surface area contributed by atoms with E-state index in [2.05, 4.69) is 68.8 Å². The van der Waals surface area contributed by atoms with E-state index in [-0.39, 0.29) is 17.4 Å². The van der Waals surface area contributed by atoms with E-state index in [1.54, 1.807) is 13.0 Å². The van der Waals surface area contributed by atoms with Crippen LogP contribution in [0.4, 0.5) is 0 Å². The number of rotatable bonds is 8. The minimum atomic E-state index is -0.792. The van der Waals surface area contributed by atoms with Crippen LogP contribution in [-0.4, -0.2) is 22.5 Å². The maximum atomic E-state index is 13.2. The number of aryl methyl sites for hydroxylation is 1. The molecule has 40 heavy (non-hydrogen) atoms. The molecule has 2 atom stereocenters.